The fraction of sp³-hybridized carbons (Fsp3) is 0.500. The molecule has 0 radical (unpaired) electrons. The summed E-state index contributed by atoms with van der Waals surface area (Å²) in [6.07, 6.45) is -1.38. The Morgan fingerprint density at radius 3 is 2.44 bits per heavy atom. The molecule has 0 spiro atoms. The zero-order valence-corrected chi connectivity index (χ0v) is 16.2. The van der Waals surface area contributed by atoms with Gasteiger partial charge < -0.3 is 19.5 Å². The Bertz CT molecular complexity index is 761. The molecule has 150 valence electrons. The molecule has 1 amide bonds. The van der Waals surface area contributed by atoms with Gasteiger partial charge in [0.15, 0.2) is 6.61 Å². The molecule has 1 aliphatic rings. The molecule has 1 fully saturated rings. The number of carbonyl (C=O) groups excluding carboxylic acids is 2. The van der Waals surface area contributed by atoms with Crippen molar-refractivity contribution in [3.63, 3.8) is 0 Å². The number of ether oxygens (including phenoxy) is 2. The third-order valence-corrected chi connectivity index (χ3v) is 5.55. The summed E-state index contributed by atoms with van der Waals surface area (Å²) < 4.78 is 36.9. The first kappa shape index (κ1) is 21.6. The minimum absolute atomic E-state index is 0.130. The lowest BCUT2D eigenvalue weighted by Gasteiger charge is -2.27. The van der Waals surface area contributed by atoms with Crippen LogP contribution >= 0.6 is 11.6 Å². The molecule has 1 aromatic carbocycles. The molecule has 0 aromatic heterocycles. The quantitative estimate of drug-likeness (QED) is 0.584. The minimum Gasteiger partial charge on any atom is -0.454 e. The maximum absolute atomic E-state index is 12.4. The molecule has 27 heavy (non-hydrogen) atoms. The number of sulfonamides is 1. The van der Waals surface area contributed by atoms with E-state index in [4.69, 9.17) is 21.1 Å². The Morgan fingerprint density at radius 1 is 1.30 bits per heavy atom. The summed E-state index contributed by atoms with van der Waals surface area (Å²) in [5, 5.41) is 10.1. The molecule has 2 N–H and O–H groups in total. The van der Waals surface area contributed by atoms with Crippen LogP contribution in [-0.2, 0) is 29.1 Å². The minimum atomic E-state index is -4.11. The zero-order chi connectivity index (χ0) is 20.0. The largest absolute Gasteiger partial charge is 0.454 e. The van der Waals surface area contributed by atoms with Gasteiger partial charge in [0, 0.05) is 18.1 Å². The number of amides is 1. The second kappa shape index (κ2) is 9.47. The Hall–Kier alpha value is -1.72. The van der Waals surface area contributed by atoms with Crippen molar-refractivity contribution in [3.05, 3.63) is 29.3 Å². The van der Waals surface area contributed by atoms with Crippen LogP contribution in [0.3, 0.4) is 0 Å². The number of morpholine rings is 1. The van der Waals surface area contributed by atoms with E-state index < -0.39 is 40.7 Å². The number of esters is 1. The van der Waals surface area contributed by atoms with E-state index in [1.165, 1.54) is 36.1 Å². The van der Waals surface area contributed by atoms with Crippen molar-refractivity contribution in [2.24, 2.45) is 0 Å². The zero-order valence-electron chi connectivity index (χ0n) is 14.6. The van der Waals surface area contributed by atoms with Gasteiger partial charge in [-0.3, -0.25) is 9.59 Å². The van der Waals surface area contributed by atoms with Gasteiger partial charge in [0.1, 0.15) is 6.04 Å². The van der Waals surface area contributed by atoms with Gasteiger partial charge in [-0.15, -0.1) is 0 Å². The van der Waals surface area contributed by atoms with Crippen molar-refractivity contribution < 1.29 is 32.6 Å². The first-order valence-corrected chi connectivity index (χ1v) is 10.0. The molecular formula is C16H21ClN2O7S. The van der Waals surface area contributed by atoms with Crippen molar-refractivity contribution in [1.82, 2.24) is 9.62 Å². The van der Waals surface area contributed by atoms with Crippen LogP contribution in [-0.4, -0.2) is 75.4 Å². The van der Waals surface area contributed by atoms with Crippen LogP contribution < -0.4 is 4.72 Å². The molecule has 2 atom stereocenters. The topological polar surface area (TPSA) is 122 Å². The number of hydrogen-bond acceptors (Lipinski definition) is 7. The Morgan fingerprint density at radius 2 is 1.89 bits per heavy atom. The highest BCUT2D eigenvalue weighted by Crippen LogP contribution is 2.15. The summed E-state index contributed by atoms with van der Waals surface area (Å²) >= 11 is 5.73. The predicted molar refractivity (Wildman–Crippen MR) is 95.6 cm³/mol. The van der Waals surface area contributed by atoms with Crippen LogP contribution in [0.1, 0.15) is 6.92 Å². The number of nitrogens with one attached hydrogen (secondary N) is 1. The van der Waals surface area contributed by atoms with Crippen molar-refractivity contribution >= 4 is 33.5 Å². The summed E-state index contributed by atoms with van der Waals surface area (Å²) in [6.45, 7) is 2.26. The Balaban J connectivity index is 1.99. The van der Waals surface area contributed by atoms with Gasteiger partial charge in [0.2, 0.25) is 10.0 Å². The maximum atomic E-state index is 12.4. The molecule has 1 saturated heterocycles. The number of benzene rings is 1. The number of rotatable bonds is 7. The molecular weight excluding hydrogens is 400 g/mol. The van der Waals surface area contributed by atoms with E-state index in [-0.39, 0.29) is 4.90 Å². The van der Waals surface area contributed by atoms with Crippen molar-refractivity contribution in [1.29, 1.82) is 0 Å². The highest BCUT2D eigenvalue weighted by Gasteiger charge is 2.31. The number of aliphatic hydroxyl groups is 1. The van der Waals surface area contributed by atoms with Crippen molar-refractivity contribution in [3.8, 4) is 0 Å². The highest BCUT2D eigenvalue weighted by atomic mass is 35.5. The van der Waals surface area contributed by atoms with Gasteiger partial charge in [-0.25, -0.2) is 8.42 Å². The van der Waals surface area contributed by atoms with Gasteiger partial charge in [0.25, 0.3) is 5.91 Å². The van der Waals surface area contributed by atoms with E-state index in [0.717, 1.165) is 0 Å². The number of carbonyl (C=O) groups is 2. The molecule has 2 rings (SSSR count). The van der Waals surface area contributed by atoms with E-state index in [0.29, 0.717) is 31.3 Å². The van der Waals surface area contributed by atoms with E-state index in [1.807, 2.05) is 0 Å². The first-order chi connectivity index (χ1) is 12.7. The lowest BCUT2D eigenvalue weighted by molar-refractivity contribution is -0.156. The predicted octanol–water partition coefficient (Wildman–Crippen LogP) is -0.230. The second-order valence-electron chi connectivity index (χ2n) is 5.89. The van der Waals surface area contributed by atoms with Crippen molar-refractivity contribution in [2.75, 3.05) is 32.9 Å². The Labute approximate surface area is 162 Å². The third kappa shape index (κ3) is 6.15. The molecule has 11 heteroatoms. The van der Waals surface area contributed by atoms with Crippen LogP contribution in [0, 0.1) is 0 Å². The number of aliphatic hydroxyl groups excluding tert-OH is 1. The van der Waals surface area contributed by atoms with Gasteiger partial charge in [-0.1, -0.05) is 11.6 Å². The molecule has 0 bridgehead atoms. The summed E-state index contributed by atoms with van der Waals surface area (Å²) in [7, 11) is -4.11. The van der Waals surface area contributed by atoms with Crippen molar-refractivity contribution in [2.45, 2.75) is 24.0 Å². The number of nitrogens with zero attached hydrogens (tertiary/aromatic N) is 1. The van der Waals surface area contributed by atoms with E-state index >= 15 is 0 Å². The molecule has 0 unspecified atom stereocenters. The summed E-state index contributed by atoms with van der Waals surface area (Å²) in [6, 6.07) is 3.72. The van der Waals surface area contributed by atoms with E-state index in [9.17, 15) is 23.1 Å². The van der Waals surface area contributed by atoms with Crippen LogP contribution in [0.15, 0.2) is 29.2 Å². The average Bonchev–Trinajstić information content (AvgIpc) is 2.64. The van der Waals surface area contributed by atoms with Gasteiger partial charge >= 0.3 is 5.97 Å². The van der Waals surface area contributed by atoms with Gasteiger partial charge in [-0.05, 0) is 31.2 Å². The SMILES string of the molecule is C[C@@H](O)[C@H](NS(=O)(=O)c1ccc(Cl)cc1)C(=O)OCC(=O)N1CCOCC1. The number of halogens is 1. The molecule has 0 saturated carbocycles. The average molecular weight is 421 g/mol. The standard InChI is InChI=1S/C16H21ClN2O7S/c1-11(20)15(18-27(23,24)13-4-2-12(17)3-5-13)16(22)26-10-14(21)19-6-8-25-9-7-19/h2-5,11,15,18,20H,6-10H2,1H3/t11-,15+/m1/s1. The highest BCUT2D eigenvalue weighted by molar-refractivity contribution is 7.89. The normalized spacial score (nSPS) is 17.2. The maximum Gasteiger partial charge on any atom is 0.327 e. The molecule has 1 aliphatic heterocycles. The second-order valence-corrected chi connectivity index (χ2v) is 8.04. The molecule has 1 aromatic rings. The fourth-order valence-electron chi connectivity index (χ4n) is 2.32. The summed E-state index contributed by atoms with van der Waals surface area (Å²) in [5.41, 5.74) is 0. The Kier molecular flexibility index (Phi) is 7.57. The van der Waals surface area contributed by atoms with E-state index in [2.05, 4.69) is 4.72 Å². The number of hydrogen-bond donors (Lipinski definition) is 2. The molecule has 9 nitrogen and oxygen atoms in total. The lowest BCUT2D eigenvalue weighted by Crippen LogP contribution is -2.49. The van der Waals surface area contributed by atoms with Crippen LogP contribution in [0.25, 0.3) is 0 Å². The first-order valence-electron chi connectivity index (χ1n) is 8.19. The van der Waals surface area contributed by atoms with Crippen LogP contribution in [0.5, 0.6) is 0 Å². The third-order valence-electron chi connectivity index (χ3n) is 3.84. The monoisotopic (exact) mass is 420 g/mol. The van der Waals surface area contributed by atoms with E-state index in [1.54, 1.807) is 0 Å². The summed E-state index contributed by atoms with van der Waals surface area (Å²) in [5.74, 6) is -1.47. The van der Waals surface area contributed by atoms with Gasteiger partial charge in [-0.2, -0.15) is 4.72 Å². The fourth-order valence-corrected chi connectivity index (χ4v) is 3.70. The summed E-state index contributed by atoms with van der Waals surface area (Å²) in [4.78, 5) is 25.6. The van der Waals surface area contributed by atoms with Gasteiger partial charge in [0.05, 0.1) is 24.2 Å². The smallest absolute Gasteiger partial charge is 0.327 e. The van der Waals surface area contributed by atoms with Crippen LogP contribution in [0.2, 0.25) is 5.02 Å². The molecule has 0 aliphatic carbocycles. The molecule has 1 heterocycles. The van der Waals surface area contributed by atoms with Crippen LogP contribution in [0.4, 0.5) is 0 Å². The lowest BCUT2D eigenvalue weighted by atomic mass is 10.2.